The fraction of sp³-hybridized carbons (Fsp3) is 0.357. The summed E-state index contributed by atoms with van der Waals surface area (Å²) in [5, 5.41) is 13.2. The Bertz CT molecular complexity index is 619. The highest BCUT2D eigenvalue weighted by Crippen LogP contribution is 2.19. The van der Waals surface area contributed by atoms with Crippen LogP contribution in [-0.4, -0.2) is 46.3 Å². The van der Waals surface area contributed by atoms with Crippen LogP contribution in [0.3, 0.4) is 0 Å². The molecule has 0 saturated heterocycles. The number of rotatable bonds is 7. The van der Waals surface area contributed by atoms with Crippen molar-refractivity contribution in [3.63, 3.8) is 0 Å². The molecule has 0 fully saturated rings. The predicted octanol–water partition coefficient (Wildman–Crippen LogP) is 2.76. The molecule has 0 radical (unpaired) electrons. The number of carbonyl (C=O) groups is 1. The molecule has 6 nitrogen and oxygen atoms in total. The lowest BCUT2D eigenvalue weighted by atomic mass is 10.2. The summed E-state index contributed by atoms with van der Waals surface area (Å²) in [6, 6.07) is 7.24. The molecular weight excluding hydrogens is 329 g/mol. The van der Waals surface area contributed by atoms with Crippen LogP contribution in [-0.2, 0) is 11.2 Å². The SMILES string of the molecule is CN(CCC(=O)O)CCc1nc(-c2cccc(Cl)c2)no1.Cl. The second-order valence-electron chi connectivity index (χ2n) is 4.72. The van der Waals surface area contributed by atoms with Gasteiger partial charge in [0.25, 0.3) is 0 Å². The van der Waals surface area contributed by atoms with Crippen LogP contribution in [0.4, 0.5) is 0 Å². The lowest BCUT2D eigenvalue weighted by molar-refractivity contribution is -0.137. The van der Waals surface area contributed by atoms with E-state index >= 15 is 0 Å². The third-order valence-electron chi connectivity index (χ3n) is 2.97. The lowest BCUT2D eigenvalue weighted by Crippen LogP contribution is -2.24. The van der Waals surface area contributed by atoms with Gasteiger partial charge in [0.05, 0.1) is 6.42 Å². The number of carboxylic acids is 1. The van der Waals surface area contributed by atoms with Gasteiger partial charge in [-0.1, -0.05) is 28.9 Å². The summed E-state index contributed by atoms with van der Waals surface area (Å²) in [5.74, 6) is 0.218. The zero-order valence-electron chi connectivity index (χ0n) is 12.0. The highest BCUT2D eigenvalue weighted by molar-refractivity contribution is 6.30. The molecule has 1 heterocycles. The number of nitrogens with zero attached hydrogens (tertiary/aromatic N) is 3. The molecule has 0 bridgehead atoms. The van der Waals surface area contributed by atoms with Crippen LogP contribution in [0.2, 0.25) is 5.02 Å². The van der Waals surface area contributed by atoms with Gasteiger partial charge in [-0.3, -0.25) is 4.79 Å². The third-order valence-corrected chi connectivity index (χ3v) is 3.20. The summed E-state index contributed by atoms with van der Waals surface area (Å²) < 4.78 is 5.19. The van der Waals surface area contributed by atoms with Gasteiger partial charge in [0, 0.05) is 30.1 Å². The van der Waals surface area contributed by atoms with E-state index in [0.29, 0.717) is 36.2 Å². The van der Waals surface area contributed by atoms with Crippen molar-refractivity contribution in [1.82, 2.24) is 15.0 Å². The van der Waals surface area contributed by atoms with E-state index in [9.17, 15) is 4.79 Å². The van der Waals surface area contributed by atoms with Gasteiger partial charge in [0.1, 0.15) is 0 Å². The van der Waals surface area contributed by atoms with Crippen LogP contribution in [0.25, 0.3) is 11.4 Å². The molecular formula is C14H17Cl2N3O3. The van der Waals surface area contributed by atoms with Crippen LogP contribution in [0.1, 0.15) is 12.3 Å². The van der Waals surface area contributed by atoms with Gasteiger partial charge < -0.3 is 14.5 Å². The Labute approximate surface area is 139 Å². The molecule has 2 rings (SSSR count). The normalized spacial score (nSPS) is 10.5. The number of hydrogen-bond donors (Lipinski definition) is 1. The number of carboxylic acid groups (broad SMARTS) is 1. The standard InChI is InChI=1S/C14H16ClN3O3.ClH/c1-18(8-6-13(19)20)7-5-12-16-14(17-21-12)10-3-2-4-11(15)9-10;/h2-4,9H,5-8H2,1H3,(H,19,20);1H. The first-order chi connectivity index (χ1) is 10.0. The van der Waals surface area contributed by atoms with E-state index in [0.717, 1.165) is 5.56 Å². The number of likely N-dealkylation sites (N-methyl/N-ethyl adjacent to an activating group) is 1. The van der Waals surface area contributed by atoms with Gasteiger partial charge in [0.2, 0.25) is 11.7 Å². The van der Waals surface area contributed by atoms with E-state index in [4.69, 9.17) is 21.2 Å². The zero-order valence-corrected chi connectivity index (χ0v) is 13.6. The molecule has 0 spiro atoms. The number of halogens is 2. The van der Waals surface area contributed by atoms with Crippen molar-refractivity contribution >= 4 is 30.0 Å². The summed E-state index contributed by atoms with van der Waals surface area (Å²) >= 11 is 5.92. The summed E-state index contributed by atoms with van der Waals surface area (Å²) in [4.78, 5) is 16.7. The van der Waals surface area contributed by atoms with E-state index in [1.807, 2.05) is 24.1 Å². The summed E-state index contributed by atoms with van der Waals surface area (Å²) in [6.07, 6.45) is 0.692. The fourth-order valence-electron chi connectivity index (χ4n) is 1.79. The maximum atomic E-state index is 10.5. The first-order valence-electron chi connectivity index (χ1n) is 6.53. The van der Waals surface area contributed by atoms with E-state index in [-0.39, 0.29) is 18.8 Å². The molecule has 1 N–H and O–H groups in total. The van der Waals surface area contributed by atoms with E-state index in [2.05, 4.69) is 10.1 Å². The Balaban J connectivity index is 0.00000242. The van der Waals surface area contributed by atoms with Gasteiger partial charge >= 0.3 is 5.97 Å². The van der Waals surface area contributed by atoms with Crippen LogP contribution in [0.5, 0.6) is 0 Å². The molecule has 0 atom stereocenters. The van der Waals surface area contributed by atoms with E-state index < -0.39 is 5.97 Å². The number of hydrogen-bond acceptors (Lipinski definition) is 5. The maximum absolute atomic E-state index is 10.5. The van der Waals surface area contributed by atoms with Gasteiger partial charge in [0.15, 0.2) is 0 Å². The summed E-state index contributed by atoms with van der Waals surface area (Å²) in [5.41, 5.74) is 0.803. The molecule has 0 unspecified atom stereocenters. The third kappa shape index (κ3) is 5.63. The molecule has 1 aromatic heterocycles. The van der Waals surface area contributed by atoms with Crippen LogP contribution in [0, 0.1) is 0 Å². The van der Waals surface area contributed by atoms with Crippen LogP contribution < -0.4 is 0 Å². The fourth-order valence-corrected chi connectivity index (χ4v) is 1.98. The van der Waals surface area contributed by atoms with Crippen LogP contribution in [0.15, 0.2) is 28.8 Å². The molecule has 0 aliphatic heterocycles. The Kier molecular flexibility index (Phi) is 7.31. The second-order valence-corrected chi connectivity index (χ2v) is 5.16. The summed E-state index contributed by atoms with van der Waals surface area (Å²) in [6.45, 7) is 1.15. The summed E-state index contributed by atoms with van der Waals surface area (Å²) in [7, 11) is 1.86. The van der Waals surface area contributed by atoms with Crippen molar-refractivity contribution in [2.75, 3.05) is 20.1 Å². The largest absolute Gasteiger partial charge is 0.481 e. The Hall–Kier alpha value is -1.63. The van der Waals surface area contributed by atoms with Crippen molar-refractivity contribution in [2.24, 2.45) is 0 Å². The number of benzene rings is 1. The van der Waals surface area contributed by atoms with Crippen molar-refractivity contribution in [1.29, 1.82) is 0 Å². The molecule has 0 saturated carbocycles. The highest BCUT2D eigenvalue weighted by atomic mass is 35.5. The van der Waals surface area contributed by atoms with Crippen molar-refractivity contribution in [3.05, 3.63) is 35.2 Å². The second kappa shape index (κ2) is 8.73. The molecule has 120 valence electrons. The van der Waals surface area contributed by atoms with Gasteiger partial charge in [-0.05, 0) is 19.2 Å². The topological polar surface area (TPSA) is 79.5 Å². The lowest BCUT2D eigenvalue weighted by Gasteiger charge is -2.13. The smallest absolute Gasteiger partial charge is 0.304 e. The minimum absolute atomic E-state index is 0. The van der Waals surface area contributed by atoms with Crippen molar-refractivity contribution in [2.45, 2.75) is 12.8 Å². The van der Waals surface area contributed by atoms with E-state index in [1.165, 1.54) is 0 Å². The van der Waals surface area contributed by atoms with Crippen LogP contribution >= 0.6 is 24.0 Å². The number of aliphatic carboxylic acids is 1. The molecule has 22 heavy (non-hydrogen) atoms. The Morgan fingerprint density at radius 3 is 2.86 bits per heavy atom. The van der Waals surface area contributed by atoms with E-state index in [1.54, 1.807) is 12.1 Å². The maximum Gasteiger partial charge on any atom is 0.304 e. The molecule has 8 heteroatoms. The predicted molar refractivity (Wildman–Crippen MR) is 85.4 cm³/mol. The zero-order chi connectivity index (χ0) is 15.2. The monoisotopic (exact) mass is 345 g/mol. The van der Waals surface area contributed by atoms with Crippen molar-refractivity contribution in [3.8, 4) is 11.4 Å². The van der Waals surface area contributed by atoms with Gasteiger partial charge in [-0.15, -0.1) is 12.4 Å². The molecule has 1 aromatic carbocycles. The quantitative estimate of drug-likeness (QED) is 0.830. The molecule has 2 aromatic rings. The molecule has 0 amide bonds. The highest BCUT2D eigenvalue weighted by Gasteiger charge is 2.10. The molecule has 0 aliphatic carbocycles. The Morgan fingerprint density at radius 1 is 1.41 bits per heavy atom. The first kappa shape index (κ1) is 18.4. The van der Waals surface area contributed by atoms with Gasteiger partial charge in [-0.2, -0.15) is 4.98 Å². The average Bonchev–Trinajstić information content (AvgIpc) is 2.92. The minimum atomic E-state index is -0.803. The van der Waals surface area contributed by atoms with Crippen molar-refractivity contribution < 1.29 is 14.4 Å². The first-order valence-corrected chi connectivity index (χ1v) is 6.91. The van der Waals surface area contributed by atoms with Gasteiger partial charge in [-0.25, -0.2) is 0 Å². The average molecular weight is 346 g/mol. The number of aromatic nitrogens is 2. The molecule has 0 aliphatic rings. The Morgan fingerprint density at radius 2 is 2.18 bits per heavy atom. The minimum Gasteiger partial charge on any atom is -0.481 e.